The fourth-order valence-corrected chi connectivity index (χ4v) is 2.41. The molecule has 0 aliphatic rings. The average Bonchev–Trinajstić information content (AvgIpc) is 3.02. The normalized spacial score (nSPS) is 11.4. The molecule has 2 heterocycles. The van der Waals surface area contributed by atoms with Gasteiger partial charge in [0.2, 0.25) is 6.33 Å². The molecule has 4 nitrogen and oxygen atoms in total. The summed E-state index contributed by atoms with van der Waals surface area (Å²) in [5, 5.41) is 6.58. The van der Waals surface area contributed by atoms with Gasteiger partial charge in [0, 0.05) is 15.9 Å². The number of rotatable bonds is 1. The largest absolute Gasteiger partial charge is 0.452 e. The summed E-state index contributed by atoms with van der Waals surface area (Å²) in [4.78, 5) is 0. The van der Waals surface area contributed by atoms with Crippen LogP contribution in [0.2, 0.25) is 0 Å². The van der Waals surface area contributed by atoms with Gasteiger partial charge in [0.1, 0.15) is 5.58 Å². The smallest absolute Gasteiger partial charge is 0.265 e. The summed E-state index contributed by atoms with van der Waals surface area (Å²) in [5.74, 6) is 0. The summed E-state index contributed by atoms with van der Waals surface area (Å²) in [6.45, 7) is 0. The van der Waals surface area contributed by atoms with E-state index in [1.165, 1.54) is 0 Å². The highest BCUT2D eigenvalue weighted by atomic mass is 16.3. The van der Waals surface area contributed by atoms with Crippen LogP contribution in [0.5, 0.6) is 0 Å². The number of benzene rings is 2. The molecule has 0 aliphatic carbocycles. The molecule has 4 rings (SSSR count). The van der Waals surface area contributed by atoms with Gasteiger partial charge in [-0.15, -0.1) is 0 Å². The quantitative estimate of drug-likeness (QED) is 0.487. The van der Waals surface area contributed by atoms with Crippen molar-refractivity contribution in [1.82, 2.24) is 9.78 Å². The Morgan fingerprint density at radius 2 is 1.89 bits per heavy atom. The molecule has 0 fully saturated rings. The lowest BCUT2D eigenvalue weighted by Gasteiger charge is -1.94. The van der Waals surface area contributed by atoms with Crippen LogP contribution < -0.4 is 4.57 Å². The minimum atomic E-state index is 0.868. The molecule has 2 aromatic carbocycles. The molecule has 92 valence electrons. The van der Waals surface area contributed by atoms with Crippen molar-refractivity contribution in [3.63, 3.8) is 0 Å². The van der Waals surface area contributed by atoms with Crippen molar-refractivity contribution in [3.05, 3.63) is 55.1 Å². The van der Waals surface area contributed by atoms with Crippen LogP contribution in [0.15, 0.2) is 59.5 Å². The number of nitrogens with zero attached hydrogens (tertiary/aromatic N) is 3. The molecule has 0 atom stereocenters. The maximum Gasteiger partial charge on any atom is 0.265 e. The first-order valence-corrected chi connectivity index (χ1v) is 6.13. The van der Waals surface area contributed by atoms with Crippen LogP contribution in [0.1, 0.15) is 0 Å². The maximum absolute atomic E-state index is 5.98. The van der Waals surface area contributed by atoms with Crippen LogP contribution in [0, 0.1) is 0 Å². The predicted molar refractivity (Wildman–Crippen MR) is 72.0 cm³/mol. The number of furan rings is 1. The van der Waals surface area contributed by atoms with Gasteiger partial charge in [-0.05, 0) is 12.1 Å². The van der Waals surface area contributed by atoms with Gasteiger partial charge in [-0.3, -0.25) is 0 Å². The van der Waals surface area contributed by atoms with Crippen molar-refractivity contribution in [1.29, 1.82) is 0 Å². The fraction of sp³-hybridized carbons (Fsp3) is 0.0667. The van der Waals surface area contributed by atoms with Gasteiger partial charge in [0.15, 0.2) is 11.3 Å². The first-order valence-electron chi connectivity index (χ1n) is 6.13. The maximum atomic E-state index is 5.98. The molecule has 0 spiro atoms. The lowest BCUT2D eigenvalue weighted by molar-refractivity contribution is -0.672. The van der Waals surface area contributed by atoms with E-state index in [4.69, 9.17) is 4.42 Å². The minimum Gasteiger partial charge on any atom is -0.452 e. The van der Waals surface area contributed by atoms with Gasteiger partial charge in [0.05, 0.1) is 7.05 Å². The number of aryl methyl sites for hydroxylation is 1. The summed E-state index contributed by atoms with van der Waals surface area (Å²) < 4.78 is 9.71. The topological polar surface area (TPSA) is 34.8 Å². The van der Waals surface area contributed by atoms with E-state index in [9.17, 15) is 0 Å². The lowest BCUT2D eigenvalue weighted by Crippen LogP contribution is -2.23. The number of para-hydroxylation sites is 2. The summed E-state index contributed by atoms with van der Waals surface area (Å²) >= 11 is 0. The van der Waals surface area contributed by atoms with E-state index in [1.807, 2.05) is 53.0 Å². The van der Waals surface area contributed by atoms with E-state index in [1.54, 1.807) is 6.33 Å². The second kappa shape index (κ2) is 3.68. The van der Waals surface area contributed by atoms with Gasteiger partial charge >= 0.3 is 0 Å². The van der Waals surface area contributed by atoms with E-state index >= 15 is 0 Å². The minimum absolute atomic E-state index is 0.868. The highest BCUT2D eigenvalue weighted by molar-refractivity contribution is 6.07. The standard InChI is InChI=1S/C15H12N3O/c1-17-9-16-18(10-17)13-7-4-6-12-11-5-2-3-8-14(11)19-15(12)13/h2-10H,1H3/q+1. The number of hydrogen-bond donors (Lipinski definition) is 0. The Bertz CT molecular complexity index is 889. The van der Waals surface area contributed by atoms with Crippen LogP contribution in [-0.2, 0) is 7.05 Å². The molecule has 4 heteroatoms. The Kier molecular flexibility index (Phi) is 2.00. The van der Waals surface area contributed by atoms with Crippen LogP contribution in [0.3, 0.4) is 0 Å². The highest BCUT2D eigenvalue weighted by Crippen LogP contribution is 2.31. The zero-order valence-electron chi connectivity index (χ0n) is 10.4. The third kappa shape index (κ3) is 1.46. The van der Waals surface area contributed by atoms with Gasteiger partial charge < -0.3 is 4.42 Å². The van der Waals surface area contributed by atoms with Gasteiger partial charge in [0.25, 0.3) is 6.33 Å². The zero-order chi connectivity index (χ0) is 12.8. The number of aromatic nitrogens is 3. The van der Waals surface area contributed by atoms with Crippen molar-refractivity contribution in [3.8, 4) is 5.69 Å². The fourth-order valence-electron chi connectivity index (χ4n) is 2.41. The van der Waals surface area contributed by atoms with Crippen molar-refractivity contribution < 1.29 is 8.98 Å². The van der Waals surface area contributed by atoms with Gasteiger partial charge in [-0.1, -0.05) is 35.0 Å². The summed E-state index contributed by atoms with van der Waals surface area (Å²) in [5.41, 5.74) is 2.73. The van der Waals surface area contributed by atoms with E-state index in [0.29, 0.717) is 0 Å². The number of hydrogen-bond acceptors (Lipinski definition) is 2. The third-order valence-electron chi connectivity index (χ3n) is 3.28. The molecular formula is C15H12N3O+. The van der Waals surface area contributed by atoms with Crippen molar-refractivity contribution in [2.75, 3.05) is 0 Å². The molecule has 0 N–H and O–H groups in total. The van der Waals surface area contributed by atoms with Crippen LogP contribution >= 0.6 is 0 Å². The van der Waals surface area contributed by atoms with E-state index in [-0.39, 0.29) is 0 Å². The SMILES string of the molecule is C[n+]1cnn(-c2cccc3c2oc2ccccc23)c1. The summed E-state index contributed by atoms with van der Waals surface area (Å²) in [6, 6.07) is 14.2. The molecule has 4 aromatic rings. The molecule has 0 amide bonds. The Balaban J connectivity index is 2.12. The van der Waals surface area contributed by atoms with E-state index < -0.39 is 0 Å². The number of fused-ring (bicyclic) bond motifs is 3. The van der Waals surface area contributed by atoms with Crippen LogP contribution in [0.25, 0.3) is 27.6 Å². The molecule has 0 unspecified atom stereocenters. The molecule has 2 aromatic heterocycles. The predicted octanol–water partition coefficient (Wildman–Crippen LogP) is 2.60. The monoisotopic (exact) mass is 250 g/mol. The summed E-state index contributed by atoms with van der Waals surface area (Å²) in [7, 11) is 1.95. The van der Waals surface area contributed by atoms with Gasteiger partial charge in [-0.2, -0.15) is 0 Å². The van der Waals surface area contributed by atoms with Crippen molar-refractivity contribution in [2.24, 2.45) is 7.05 Å². The van der Waals surface area contributed by atoms with Gasteiger partial charge in [-0.25, -0.2) is 4.57 Å². The van der Waals surface area contributed by atoms with Crippen LogP contribution in [0.4, 0.5) is 0 Å². The van der Waals surface area contributed by atoms with E-state index in [0.717, 1.165) is 27.6 Å². The molecule has 0 bridgehead atoms. The Morgan fingerprint density at radius 3 is 2.74 bits per heavy atom. The second-order valence-electron chi connectivity index (χ2n) is 4.61. The molecule has 0 radical (unpaired) electrons. The summed E-state index contributed by atoms with van der Waals surface area (Å²) in [6.07, 6.45) is 3.68. The molecule has 19 heavy (non-hydrogen) atoms. The molecule has 0 saturated carbocycles. The van der Waals surface area contributed by atoms with Crippen LogP contribution in [-0.4, -0.2) is 9.78 Å². The Hall–Kier alpha value is -2.62. The highest BCUT2D eigenvalue weighted by Gasteiger charge is 2.15. The first-order chi connectivity index (χ1) is 9.33. The van der Waals surface area contributed by atoms with Crippen molar-refractivity contribution >= 4 is 21.9 Å². The Morgan fingerprint density at radius 1 is 1.05 bits per heavy atom. The second-order valence-corrected chi connectivity index (χ2v) is 4.61. The Labute approximate surface area is 109 Å². The molecule has 0 aliphatic heterocycles. The van der Waals surface area contributed by atoms with E-state index in [2.05, 4.69) is 17.2 Å². The zero-order valence-corrected chi connectivity index (χ0v) is 10.4. The molecular weight excluding hydrogens is 238 g/mol. The molecule has 0 saturated heterocycles. The third-order valence-corrected chi connectivity index (χ3v) is 3.28. The average molecular weight is 250 g/mol. The first kappa shape index (κ1) is 10.3. The lowest BCUT2D eigenvalue weighted by atomic mass is 10.1. The van der Waals surface area contributed by atoms with Crippen molar-refractivity contribution in [2.45, 2.75) is 0 Å².